The van der Waals surface area contributed by atoms with Crippen LogP contribution in [0.5, 0.6) is 0 Å². The summed E-state index contributed by atoms with van der Waals surface area (Å²) in [7, 11) is 0. The van der Waals surface area contributed by atoms with E-state index in [1.54, 1.807) is 4.68 Å². The minimum atomic E-state index is -0.188. The molecule has 106 valence electrons. The molecule has 1 aliphatic carbocycles. The first-order valence-corrected chi connectivity index (χ1v) is 6.93. The number of nitrogens with one attached hydrogen (secondary N) is 1. The minimum Gasteiger partial charge on any atom is -0.396 e. The zero-order valence-corrected chi connectivity index (χ0v) is 11.4. The molecule has 0 spiro atoms. The van der Waals surface area contributed by atoms with Crippen LogP contribution in [0.3, 0.4) is 0 Å². The van der Waals surface area contributed by atoms with Crippen LogP contribution in [0.15, 0.2) is 6.20 Å². The number of amides is 1. The summed E-state index contributed by atoms with van der Waals surface area (Å²) in [5, 5.41) is 6.87. The van der Waals surface area contributed by atoms with Crippen LogP contribution in [0.2, 0.25) is 0 Å². The third kappa shape index (κ3) is 3.47. The van der Waals surface area contributed by atoms with Gasteiger partial charge in [0.15, 0.2) is 0 Å². The molecule has 0 bridgehead atoms. The van der Waals surface area contributed by atoms with Gasteiger partial charge >= 0.3 is 0 Å². The topological polar surface area (TPSA) is 82.2 Å². The number of hydrogen-bond donors (Lipinski definition) is 2. The van der Waals surface area contributed by atoms with E-state index in [1.165, 1.54) is 19.0 Å². The van der Waals surface area contributed by atoms with Crippen LogP contribution in [0.25, 0.3) is 0 Å². The summed E-state index contributed by atoms with van der Waals surface area (Å²) in [5.41, 5.74) is 6.59. The molecule has 1 aliphatic rings. The molecule has 6 heteroatoms. The summed E-state index contributed by atoms with van der Waals surface area (Å²) in [4.78, 5) is 12.0. The van der Waals surface area contributed by atoms with E-state index in [4.69, 9.17) is 10.5 Å². The van der Waals surface area contributed by atoms with Crippen molar-refractivity contribution in [3.63, 3.8) is 0 Å². The van der Waals surface area contributed by atoms with Crippen LogP contribution in [-0.4, -0.2) is 34.9 Å². The summed E-state index contributed by atoms with van der Waals surface area (Å²) in [6, 6.07) is 0. The second kappa shape index (κ2) is 6.56. The Morgan fingerprint density at radius 1 is 1.58 bits per heavy atom. The largest absolute Gasteiger partial charge is 0.396 e. The van der Waals surface area contributed by atoms with Crippen LogP contribution in [-0.2, 0) is 11.3 Å². The molecule has 3 N–H and O–H groups in total. The molecule has 1 heterocycles. The van der Waals surface area contributed by atoms with Gasteiger partial charge in [0.1, 0.15) is 5.69 Å². The van der Waals surface area contributed by atoms with Crippen molar-refractivity contribution in [2.45, 2.75) is 45.3 Å². The van der Waals surface area contributed by atoms with Crippen LogP contribution in [0, 0.1) is 0 Å². The van der Waals surface area contributed by atoms with E-state index >= 15 is 0 Å². The molecule has 1 aromatic rings. The normalized spacial score (nSPS) is 15.8. The second-order valence-electron chi connectivity index (χ2n) is 4.80. The number of aromatic nitrogens is 2. The zero-order chi connectivity index (χ0) is 13.7. The third-order valence-corrected chi connectivity index (χ3v) is 3.43. The van der Waals surface area contributed by atoms with Gasteiger partial charge in [-0.3, -0.25) is 9.48 Å². The molecular weight excluding hydrogens is 244 g/mol. The third-order valence-electron chi connectivity index (χ3n) is 3.43. The number of hydrogen-bond acceptors (Lipinski definition) is 4. The first-order chi connectivity index (χ1) is 9.22. The van der Waals surface area contributed by atoms with Crippen LogP contribution < -0.4 is 11.1 Å². The highest BCUT2D eigenvalue weighted by molar-refractivity contribution is 5.97. The van der Waals surface area contributed by atoms with Crippen molar-refractivity contribution in [2.24, 2.45) is 0 Å². The van der Waals surface area contributed by atoms with Gasteiger partial charge in [0.05, 0.1) is 24.6 Å². The molecule has 0 aromatic carbocycles. The number of nitrogen functional groups attached to an aromatic ring is 1. The summed E-state index contributed by atoms with van der Waals surface area (Å²) in [6.45, 7) is 3.60. The van der Waals surface area contributed by atoms with Crippen molar-refractivity contribution in [1.82, 2.24) is 15.1 Å². The average molecular weight is 266 g/mol. The van der Waals surface area contributed by atoms with Crippen molar-refractivity contribution in [3.05, 3.63) is 11.9 Å². The van der Waals surface area contributed by atoms with Crippen LogP contribution in [0.1, 0.15) is 43.1 Å². The second-order valence-corrected chi connectivity index (χ2v) is 4.80. The number of nitrogens with two attached hydrogens (primary N) is 1. The van der Waals surface area contributed by atoms with Gasteiger partial charge in [-0.2, -0.15) is 5.10 Å². The fourth-order valence-corrected chi connectivity index (χ4v) is 2.42. The molecule has 1 aromatic heterocycles. The molecule has 19 heavy (non-hydrogen) atoms. The van der Waals surface area contributed by atoms with Crippen molar-refractivity contribution < 1.29 is 9.53 Å². The lowest BCUT2D eigenvalue weighted by Crippen LogP contribution is -2.30. The van der Waals surface area contributed by atoms with Crippen LogP contribution in [0.4, 0.5) is 5.69 Å². The van der Waals surface area contributed by atoms with Gasteiger partial charge in [-0.25, -0.2) is 0 Å². The SMILES string of the molecule is CCn1ncc(N)c1C(=O)NCCOC1CCCC1. The van der Waals surface area contributed by atoms with E-state index < -0.39 is 0 Å². The summed E-state index contributed by atoms with van der Waals surface area (Å²) in [5.74, 6) is -0.188. The fraction of sp³-hybridized carbons (Fsp3) is 0.692. The lowest BCUT2D eigenvalue weighted by molar-refractivity contribution is 0.0580. The number of anilines is 1. The van der Waals surface area contributed by atoms with Crippen molar-refractivity contribution in [1.29, 1.82) is 0 Å². The maximum absolute atomic E-state index is 12.0. The van der Waals surface area contributed by atoms with E-state index in [9.17, 15) is 4.79 Å². The molecule has 1 amide bonds. The van der Waals surface area contributed by atoms with Crippen molar-refractivity contribution >= 4 is 11.6 Å². The van der Waals surface area contributed by atoms with Gasteiger partial charge in [-0.15, -0.1) is 0 Å². The molecule has 1 fully saturated rings. The van der Waals surface area contributed by atoms with E-state index in [1.807, 2.05) is 6.92 Å². The fourth-order valence-electron chi connectivity index (χ4n) is 2.42. The number of ether oxygens (including phenoxy) is 1. The summed E-state index contributed by atoms with van der Waals surface area (Å²) >= 11 is 0. The van der Waals surface area contributed by atoms with E-state index in [0.717, 1.165) is 12.8 Å². The molecule has 2 rings (SSSR count). The number of nitrogens with zero attached hydrogens (tertiary/aromatic N) is 2. The maximum atomic E-state index is 12.0. The highest BCUT2D eigenvalue weighted by atomic mass is 16.5. The Balaban J connectivity index is 1.75. The van der Waals surface area contributed by atoms with Gasteiger partial charge < -0.3 is 15.8 Å². The number of aryl methyl sites for hydroxylation is 1. The first kappa shape index (κ1) is 13.9. The number of carbonyl (C=O) groups excluding carboxylic acids is 1. The highest BCUT2D eigenvalue weighted by Crippen LogP contribution is 2.20. The lowest BCUT2D eigenvalue weighted by Gasteiger charge is -2.12. The molecule has 0 radical (unpaired) electrons. The Labute approximate surface area is 113 Å². The van der Waals surface area contributed by atoms with E-state index in [0.29, 0.717) is 37.2 Å². The van der Waals surface area contributed by atoms with Gasteiger partial charge in [-0.05, 0) is 19.8 Å². The zero-order valence-electron chi connectivity index (χ0n) is 11.4. The molecule has 0 atom stereocenters. The van der Waals surface area contributed by atoms with E-state index in [2.05, 4.69) is 10.4 Å². The standard InChI is InChI=1S/C13H22N4O2/c1-2-17-12(11(14)9-16-17)13(18)15-7-8-19-10-5-3-4-6-10/h9-10H,2-8,14H2,1H3,(H,15,18). The van der Waals surface area contributed by atoms with Crippen molar-refractivity contribution in [3.8, 4) is 0 Å². The first-order valence-electron chi connectivity index (χ1n) is 6.93. The van der Waals surface area contributed by atoms with Gasteiger partial charge in [0, 0.05) is 13.1 Å². The van der Waals surface area contributed by atoms with Crippen LogP contribution >= 0.6 is 0 Å². The molecule has 0 unspecified atom stereocenters. The van der Waals surface area contributed by atoms with Gasteiger partial charge in [0.25, 0.3) is 5.91 Å². The Hall–Kier alpha value is -1.56. The Kier molecular flexibility index (Phi) is 4.79. The molecular formula is C13H22N4O2. The predicted octanol–water partition coefficient (Wildman–Crippen LogP) is 1.17. The lowest BCUT2D eigenvalue weighted by atomic mass is 10.3. The summed E-state index contributed by atoms with van der Waals surface area (Å²) in [6.07, 6.45) is 6.68. The summed E-state index contributed by atoms with van der Waals surface area (Å²) < 4.78 is 7.29. The predicted molar refractivity (Wildman–Crippen MR) is 72.9 cm³/mol. The maximum Gasteiger partial charge on any atom is 0.271 e. The number of carbonyl (C=O) groups is 1. The molecule has 6 nitrogen and oxygen atoms in total. The quantitative estimate of drug-likeness (QED) is 0.757. The van der Waals surface area contributed by atoms with Gasteiger partial charge in [-0.1, -0.05) is 12.8 Å². The van der Waals surface area contributed by atoms with Gasteiger partial charge in [0.2, 0.25) is 0 Å². The smallest absolute Gasteiger partial charge is 0.271 e. The average Bonchev–Trinajstić information content (AvgIpc) is 3.03. The number of rotatable bonds is 6. The van der Waals surface area contributed by atoms with E-state index in [-0.39, 0.29) is 5.91 Å². The Morgan fingerprint density at radius 2 is 2.32 bits per heavy atom. The van der Waals surface area contributed by atoms with Crippen molar-refractivity contribution in [2.75, 3.05) is 18.9 Å². The monoisotopic (exact) mass is 266 g/mol. The minimum absolute atomic E-state index is 0.188. The molecule has 0 saturated heterocycles. The highest BCUT2D eigenvalue weighted by Gasteiger charge is 2.17. The molecule has 1 saturated carbocycles. The Bertz CT molecular complexity index is 424. The Morgan fingerprint density at radius 3 is 3.00 bits per heavy atom. The molecule has 0 aliphatic heterocycles.